The van der Waals surface area contributed by atoms with E-state index in [0.29, 0.717) is 32.5 Å². The maximum atomic E-state index is 13.3. The number of hydrogen-bond acceptors (Lipinski definition) is 2. The van der Waals surface area contributed by atoms with E-state index in [2.05, 4.69) is 4.90 Å². The second-order valence-electron chi connectivity index (χ2n) is 6.33. The molecule has 2 unspecified atom stereocenters. The minimum Gasteiger partial charge on any atom is -0.380 e. The van der Waals surface area contributed by atoms with Gasteiger partial charge in [-0.05, 0) is 18.4 Å². The van der Waals surface area contributed by atoms with Gasteiger partial charge in [0.05, 0.1) is 0 Å². The maximum Gasteiger partial charge on any atom is 0.417 e. The predicted molar refractivity (Wildman–Crippen MR) is 73.6 cm³/mol. The minimum absolute atomic E-state index is 0.321. The van der Waals surface area contributed by atoms with Crippen LogP contribution in [0.2, 0.25) is 0 Å². The fourth-order valence-electron chi connectivity index (χ4n) is 3.98. The number of halogens is 3. The molecule has 21 heavy (non-hydrogen) atoms. The summed E-state index contributed by atoms with van der Waals surface area (Å²) >= 11 is 0. The van der Waals surface area contributed by atoms with Gasteiger partial charge in [-0.1, -0.05) is 36.8 Å². The first-order valence-corrected chi connectivity index (χ1v) is 7.46. The molecule has 0 amide bonds. The van der Waals surface area contributed by atoms with Crippen molar-refractivity contribution in [2.24, 2.45) is 11.8 Å². The molecule has 2 fully saturated rings. The Hall–Kier alpha value is -1.07. The van der Waals surface area contributed by atoms with Crippen molar-refractivity contribution in [3.8, 4) is 0 Å². The highest BCUT2D eigenvalue weighted by Gasteiger charge is 2.65. The maximum absolute atomic E-state index is 13.3. The lowest BCUT2D eigenvalue weighted by Crippen LogP contribution is -2.66. The second kappa shape index (κ2) is 5.29. The first kappa shape index (κ1) is 14.9. The number of aliphatic hydroxyl groups is 1. The summed E-state index contributed by atoms with van der Waals surface area (Å²) in [6.07, 6.45) is -2.83. The Morgan fingerprint density at radius 3 is 2.19 bits per heavy atom. The molecular weight excluding hydrogens is 279 g/mol. The molecule has 2 aliphatic rings. The second-order valence-corrected chi connectivity index (χ2v) is 6.33. The summed E-state index contributed by atoms with van der Waals surface area (Å²) in [7, 11) is 0. The summed E-state index contributed by atoms with van der Waals surface area (Å²) in [5.41, 5.74) is -1.38. The van der Waals surface area contributed by atoms with Crippen LogP contribution in [0.3, 0.4) is 0 Å². The quantitative estimate of drug-likeness (QED) is 0.906. The summed E-state index contributed by atoms with van der Waals surface area (Å²) < 4.78 is 40.0. The molecule has 3 rings (SSSR count). The summed E-state index contributed by atoms with van der Waals surface area (Å²) in [4.78, 5) is 2.06. The molecule has 1 aromatic rings. The number of likely N-dealkylation sites (tertiary alicyclic amines) is 1. The van der Waals surface area contributed by atoms with E-state index in [1.54, 1.807) is 0 Å². The molecule has 1 aliphatic carbocycles. The molecule has 0 radical (unpaired) electrons. The van der Waals surface area contributed by atoms with E-state index in [1.165, 1.54) is 0 Å². The van der Waals surface area contributed by atoms with Gasteiger partial charge in [0.25, 0.3) is 0 Å². The molecule has 2 bridgehead atoms. The van der Waals surface area contributed by atoms with Crippen molar-refractivity contribution in [3.05, 3.63) is 35.9 Å². The van der Waals surface area contributed by atoms with Crippen LogP contribution in [0.1, 0.15) is 24.8 Å². The summed E-state index contributed by atoms with van der Waals surface area (Å²) in [5.74, 6) is -1.40. The van der Waals surface area contributed by atoms with Gasteiger partial charge >= 0.3 is 6.18 Å². The minimum atomic E-state index is -4.53. The highest BCUT2D eigenvalue weighted by molar-refractivity contribution is 5.15. The van der Waals surface area contributed by atoms with Crippen LogP contribution in [0.4, 0.5) is 13.2 Å². The van der Waals surface area contributed by atoms with Crippen LogP contribution in [0, 0.1) is 11.8 Å². The molecule has 5 heteroatoms. The summed E-state index contributed by atoms with van der Waals surface area (Å²) in [6.45, 7) is 1.30. The normalized spacial score (nSPS) is 33.9. The molecule has 1 saturated heterocycles. The van der Waals surface area contributed by atoms with Gasteiger partial charge in [-0.2, -0.15) is 13.2 Å². The third-order valence-corrected chi connectivity index (χ3v) is 5.01. The number of fused-ring (bicyclic) bond motifs is 2. The predicted octanol–water partition coefficient (Wildman–Crippen LogP) is 3.21. The molecule has 116 valence electrons. The number of rotatable bonds is 2. The Balaban J connectivity index is 1.78. The van der Waals surface area contributed by atoms with Gasteiger partial charge in [-0.3, -0.25) is 4.90 Å². The number of benzene rings is 1. The summed E-state index contributed by atoms with van der Waals surface area (Å²) in [5, 5.41) is 10.3. The van der Waals surface area contributed by atoms with E-state index in [0.717, 1.165) is 12.0 Å². The van der Waals surface area contributed by atoms with Crippen LogP contribution >= 0.6 is 0 Å². The van der Waals surface area contributed by atoms with E-state index in [4.69, 9.17) is 0 Å². The van der Waals surface area contributed by atoms with E-state index in [-0.39, 0.29) is 0 Å². The van der Waals surface area contributed by atoms with Crippen molar-refractivity contribution in [1.29, 1.82) is 0 Å². The van der Waals surface area contributed by atoms with E-state index >= 15 is 0 Å². The van der Waals surface area contributed by atoms with Gasteiger partial charge in [0.15, 0.2) is 5.60 Å². The topological polar surface area (TPSA) is 23.5 Å². The lowest BCUT2D eigenvalue weighted by molar-refractivity contribution is -0.320. The highest BCUT2D eigenvalue weighted by atomic mass is 19.4. The number of piperidine rings is 1. The zero-order chi connectivity index (χ0) is 15.1. The lowest BCUT2D eigenvalue weighted by atomic mass is 9.65. The van der Waals surface area contributed by atoms with Crippen molar-refractivity contribution in [2.45, 2.75) is 37.6 Å². The standard InChI is InChI=1S/C16H20F3NO/c17-16(18,19)15(21)13-7-4-8-14(15)11-20(10-13)9-12-5-2-1-3-6-12/h1-3,5-6,13-14,21H,4,7-11H2. The average molecular weight is 299 g/mol. The van der Waals surface area contributed by atoms with Crippen LogP contribution in [0.15, 0.2) is 30.3 Å². The van der Waals surface area contributed by atoms with Gasteiger partial charge < -0.3 is 5.11 Å². The van der Waals surface area contributed by atoms with Gasteiger partial charge in [0, 0.05) is 31.5 Å². The fraction of sp³-hybridized carbons (Fsp3) is 0.625. The molecule has 1 saturated carbocycles. The molecule has 0 aromatic heterocycles. The average Bonchev–Trinajstić information content (AvgIpc) is 2.40. The van der Waals surface area contributed by atoms with E-state index < -0.39 is 23.6 Å². The Bertz CT molecular complexity index is 474. The largest absolute Gasteiger partial charge is 0.417 e. The van der Waals surface area contributed by atoms with Crippen LogP contribution in [-0.4, -0.2) is 34.9 Å². The smallest absolute Gasteiger partial charge is 0.380 e. The third kappa shape index (κ3) is 2.57. The van der Waals surface area contributed by atoms with Crippen LogP contribution in [0.5, 0.6) is 0 Å². The number of nitrogens with zero attached hydrogens (tertiary/aromatic N) is 1. The SMILES string of the molecule is OC1(C(F)(F)F)C2CCCC1CN(Cc1ccccc1)C2. The monoisotopic (exact) mass is 299 g/mol. The first-order valence-electron chi connectivity index (χ1n) is 7.46. The molecule has 1 aliphatic heterocycles. The highest BCUT2D eigenvalue weighted by Crippen LogP contribution is 2.51. The summed E-state index contributed by atoms with van der Waals surface area (Å²) in [6, 6.07) is 9.77. The lowest BCUT2D eigenvalue weighted by Gasteiger charge is -2.53. The molecule has 2 nitrogen and oxygen atoms in total. The van der Waals surface area contributed by atoms with Gasteiger partial charge in [-0.15, -0.1) is 0 Å². The van der Waals surface area contributed by atoms with Crippen molar-refractivity contribution in [3.63, 3.8) is 0 Å². The Kier molecular flexibility index (Phi) is 3.74. The van der Waals surface area contributed by atoms with Crippen molar-refractivity contribution in [1.82, 2.24) is 4.90 Å². The Morgan fingerprint density at radius 2 is 1.67 bits per heavy atom. The zero-order valence-electron chi connectivity index (χ0n) is 11.8. The van der Waals surface area contributed by atoms with Crippen molar-refractivity contribution in [2.75, 3.05) is 13.1 Å². The number of hydrogen-bond donors (Lipinski definition) is 1. The zero-order valence-corrected chi connectivity index (χ0v) is 11.8. The van der Waals surface area contributed by atoms with Crippen molar-refractivity contribution < 1.29 is 18.3 Å². The van der Waals surface area contributed by atoms with Crippen LogP contribution < -0.4 is 0 Å². The van der Waals surface area contributed by atoms with Gasteiger partial charge in [0.1, 0.15) is 0 Å². The Labute approximate surface area is 122 Å². The first-order chi connectivity index (χ1) is 9.91. The molecule has 1 aromatic carbocycles. The van der Waals surface area contributed by atoms with E-state index in [9.17, 15) is 18.3 Å². The number of alkyl halides is 3. The molecule has 0 spiro atoms. The van der Waals surface area contributed by atoms with Gasteiger partial charge in [0.2, 0.25) is 0 Å². The molecule has 2 atom stereocenters. The van der Waals surface area contributed by atoms with Crippen molar-refractivity contribution >= 4 is 0 Å². The Morgan fingerprint density at radius 1 is 1.10 bits per heavy atom. The van der Waals surface area contributed by atoms with Crippen LogP contribution in [0.25, 0.3) is 0 Å². The fourth-order valence-corrected chi connectivity index (χ4v) is 3.98. The van der Waals surface area contributed by atoms with Crippen LogP contribution in [-0.2, 0) is 6.54 Å². The molecule has 1 N–H and O–H groups in total. The molecular formula is C16H20F3NO. The molecule has 1 heterocycles. The van der Waals surface area contributed by atoms with Gasteiger partial charge in [-0.25, -0.2) is 0 Å². The van der Waals surface area contributed by atoms with E-state index in [1.807, 2.05) is 30.3 Å². The third-order valence-electron chi connectivity index (χ3n) is 5.01.